The maximum absolute atomic E-state index is 14.2. The van der Waals surface area contributed by atoms with Crippen LogP contribution in [0.5, 0.6) is 0 Å². The number of hydrogen-bond acceptors (Lipinski definition) is 5. The number of amides is 2. The van der Waals surface area contributed by atoms with Crippen LogP contribution in [0.2, 0.25) is 0 Å². The number of benzene rings is 2. The van der Waals surface area contributed by atoms with Gasteiger partial charge in [0.15, 0.2) is 0 Å². The van der Waals surface area contributed by atoms with E-state index in [9.17, 15) is 14.0 Å². The summed E-state index contributed by atoms with van der Waals surface area (Å²) in [7, 11) is 5.22. The maximum Gasteiger partial charge on any atom is 0.280 e. The molecule has 0 aliphatic carbocycles. The summed E-state index contributed by atoms with van der Waals surface area (Å²) in [5.41, 5.74) is 6.54. The highest BCUT2D eigenvalue weighted by molar-refractivity contribution is 7.21. The molecule has 0 aliphatic heterocycles. The molecule has 0 saturated heterocycles. The Morgan fingerprint density at radius 2 is 1.82 bits per heavy atom. The van der Waals surface area contributed by atoms with Crippen LogP contribution in [0.3, 0.4) is 0 Å². The lowest BCUT2D eigenvalue weighted by atomic mass is 10.1. The molecule has 3 rings (SSSR count). The molecule has 2 aromatic carbocycles. The highest BCUT2D eigenvalue weighted by Crippen LogP contribution is 2.33. The number of hydrazine groups is 1. The number of ether oxygens (including phenoxy) is 1. The van der Waals surface area contributed by atoms with Crippen molar-refractivity contribution >= 4 is 38.9 Å². The number of nitrogens with zero attached hydrogens (tertiary/aromatic N) is 1. The smallest absolute Gasteiger partial charge is 0.280 e. The molecule has 0 spiro atoms. The number of methoxy groups -OCH3 is 1. The van der Waals surface area contributed by atoms with Crippen molar-refractivity contribution in [2.45, 2.75) is 6.61 Å². The minimum absolute atomic E-state index is 0.0858. The number of anilines is 1. The first kappa shape index (κ1) is 19.8. The first-order valence-electron chi connectivity index (χ1n) is 8.49. The Hall–Kier alpha value is -2.97. The van der Waals surface area contributed by atoms with Gasteiger partial charge >= 0.3 is 0 Å². The van der Waals surface area contributed by atoms with Crippen LogP contribution in [0.1, 0.15) is 25.6 Å². The van der Waals surface area contributed by atoms with Crippen molar-refractivity contribution in [2.24, 2.45) is 0 Å². The monoisotopic (exact) mass is 401 g/mol. The molecule has 28 heavy (non-hydrogen) atoms. The summed E-state index contributed by atoms with van der Waals surface area (Å²) in [5, 5.41) is 0.365. The van der Waals surface area contributed by atoms with Gasteiger partial charge in [0.2, 0.25) is 0 Å². The van der Waals surface area contributed by atoms with Crippen LogP contribution in [0.25, 0.3) is 10.1 Å². The molecule has 0 saturated carbocycles. The summed E-state index contributed by atoms with van der Waals surface area (Å²) in [4.78, 5) is 27.2. The van der Waals surface area contributed by atoms with Crippen LogP contribution in [0.15, 0.2) is 42.5 Å². The molecule has 1 aromatic heterocycles. The van der Waals surface area contributed by atoms with Gasteiger partial charge in [-0.05, 0) is 30.3 Å². The Balaban J connectivity index is 1.80. The molecule has 146 valence electrons. The molecule has 0 atom stereocenters. The zero-order chi connectivity index (χ0) is 20.3. The van der Waals surface area contributed by atoms with Crippen LogP contribution in [0, 0.1) is 5.82 Å². The van der Waals surface area contributed by atoms with Gasteiger partial charge in [0.1, 0.15) is 10.7 Å². The Kier molecular flexibility index (Phi) is 5.91. The Labute approximate surface area is 165 Å². The third kappa shape index (κ3) is 3.97. The van der Waals surface area contributed by atoms with Gasteiger partial charge in [0.05, 0.1) is 6.61 Å². The van der Waals surface area contributed by atoms with Crippen LogP contribution in [0.4, 0.5) is 10.1 Å². The molecule has 8 heteroatoms. The third-order valence-electron chi connectivity index (χ3n) is 4.17. The molecule has 0 fully saturated rings. The molecular formula is C20H20FN3O3S. The van der Waals surface area contributed by atoms with Crippen LogP contribution in [-0.4, -0.2) is 33.0 Å². The number of halogens is 1. The van der Waals surface area contributed by atoms with Crippen molar-refractivity contribution in [2.75, 3.05) is 26.1 Å². The highest BCUT2D eigenvalue weighted by Gasteiger charge is 2.21. The second kappa shape index (κ2) is 8.37. The average molecular weight is 401 g/mol. The topological polar surface area (TPSA) is 70.7 Å². The molecule has 0 aliphatic rings. The van der Waals surface area contributed by atoms with E-state index in [2.05, 4.69) is 10.9 Å². The van der Waals surface area contributed by atoms with Crippen molar-refractivity contribution < 1.29 is 18.7 Å². The fraction of sp³-hybridized carbons (Fsp3) is 0.200. The number of nitrogens with one attached hydrogen (secondary N) is 2. The second-order valence-electron chi connectivity index (χ2n) is 6.31. The van der Waals surface area contributed by atoms with Crippen LogP contribution < -0.4 is 15.8 Å². The lowest BCUT2D eigenvalue weighted by Crippen LogP contribution is -2.41. The Morgan fingerprint density at radius 1 is 1.11 bits per heavy atom. The average Bonchev–Trinajstić information content (AvgIpc) is 3.06. The molecule has 3 aromatic rings. The zero-order valence-electron chi connectivity index (χ0n) is 15.7. The van der Waals surface area contributed by atoms with E-state index in [0.29, 0.717) is 26.1 Å². The van der Waals surface area contributed by atoms with Gasteiger partial charge in [0.25, 0.3) is 11.8 Å². The third-order valence-corrected chi connectivity index (χ3v) is 5.37. The Bertz CT molecular complexity index is 1030. The molecular weight excluding hydrogens is 381 g/mol. The van der Waals surface area contributed by atoms with Crippen molar-refractivity contribution in [3.05, 3.63) is 64.3 Å². The molecule has 2 N–H and O–H groups in total. The van der Waals surface area contributed by atoms with Gasteiger partial charge in [-0.1, -0.05) is 12.1 Å². The maximum atomic E-state index is 14.2. The normalized spacial score (nSPS) is 10.7. The van der Waals surface area contributed by atoms with Crippen LogP contribution in [-0.2, 0) is 11.3 Å². The van der Waals surface area contributed by atoms with Gasteiger partial charge in [-0.25, -0.2) is 4.39 Å². The summed E-state index contributed by atoms with van der Waals surface area (Å²) in [6, 6.07) is 11.7. The van der Waals surface area contributed by atoms with E-state index in [1.165, 1.54) is 13.2 Å². The number of fused-ring (bicyclic) bond motifs is 1. The fourth-order valence-electron chi connectivity index (χ4n) is 2.80. The number of hydrogen-bond donors (Lipinski definition) is 2. The van der Waals surface area contributed by atoms with Crippen molar-refractivity contribution in [1.82, 2.24) is 10.9 Å². The quantitative estimate of drug-likeness (QED) is 0.644. The van der Waals surface area contributed by atoms with E-state index in [4.69, 9.17) is 4.74 Å². The lowest BCUT2D eigenvalue weighted by Gasteiger charge is -2.13. The van der Waals surface area contributed by atoms with Gasteiger partial charge in [0, 0.05) is 48.1 Å². The van der Waals surface area contributed by atoms with E-state index in [1.54, 1.807) is 30.3 Å². The van der Waals surface area contributed by atoms with E-state index in [-0.39, 0.29) is 6.61 Å². The van der Waals surface area contributed by atoms with E-state index >= 15 is 0 Å². The van der Waals surface area contributed by atoms with Gasteiger partial charge in [-0.15, -0.1) is 11.3 Å². The predicted molar refractivity (Wildman–Crippen MR) is 108 cm³/mol. The van der Waals surface area contributed by atoms with E-state index in [0.717, 1.165) is 17.0 Å². The molecule has 0 radical (unpaired) electrons. The minimum atomic E-state index is -0.523. The molecule has 0 unspecified atom stereocenters. The largest absolute Gasteiger partial charge is 0.380 e. The van der Waals surface area contributed by atoms with Gasteiger partial charge < -0.3 is 9.64 Å². The van der Waals surface area contributed by atoms with Gasteiger partial charge in [-0.2, -0.15) is 0 Å². The predicted octanol–water partition coefficient (Wildman–Crippen LogP) is 3.33. The molecule has 2 amide bonds. The summed E-state index contributed by atoms with van der Waals surface area (Å²) in [6.07, 6.45) is 0. The SMILES string of the molecule is COCc1c(C(=O)NNC(=O)c2cccc(N(C)C)c2)sc2cccc(F)c12. The first-order chi connectivity index (χ1) is 13.4. The van der Waals surface area contributed by atoms with Crippen molar-refractivity contribution in [3.8, 4) is 0 Å². The summed E-state index contributed by atoms with van der Waals surface area (Å²) in [5.74, 6) is -1.38. The summed E-state index contributed by atoms with van der Waals surface area (Å²) < 4.78 is 20.0. The number of rotatable bonds is 5. The number of carbonyl (C=O) groups excluding carboxylic acids is 2. The highest BCUT2D eigenvalue weighted by atomic mass is 32.1. The zero-order valence-corrected chi connectivity index (χ0v) is 16.5. The van der Waals surface area contributed by atoms with Crippen LogP contribution >= 0.6 is 11.3 Å². The van der Waals surface area contributed by atoms with E-state index < -0.39 is 17.6 Å². The Morgan fingerprint density at radius 3 is 2.54 bits per heavy atom. The number of carbonyl (C=O) groups is 2. The second-order valence-corrected chi connectivity index (χ2v) is 7.36. The van der Waals surface area contributed by atoms with E-state index in [1.807, 2.05) is 25.1 Å². The lowest BCUT2D eigenvalue weighted by molar-refractivity contribution is 0.0847. The molecule has 6 nitrogen and oxygen atoms in total. The van der Waals surface area contributed by atoms with Gasteiger partial charge in [-0.3, -0.25) is 20.4 Å². The molecule has 0 bridgehead atoms. The molecule has 1 heterocycles. The standard InChI is InChI=1S/C20H20FN3O3S/c1-24(2)13-7-4-6-12(10-13)19(25)22-23-20(26)18-14(11-27-3)17-15(21)8-5-9-16(17)28-18/h4-10H,11H2,1-3H3,(H,22,25)(H,23,26). The van der Waals surface area contributed by atoms with Crippen molar-refractivity contribution in [1.29, 1.82) is 0 Å². The summed E-state index contributed by atoms with van der Waals surface area (Å²) >= 11 is 1.15. The number of thiophene rings is 1. The minimum Gasteiger partial charge on any atom is -0.380 e. The van der Waals surface area contributed by atoms with Crippen molar-refractivity contribution in [3.63, 3.8) is 0 Å². The summed E-state index contributed by atoms with van der Waals surface area (Å²) in [6.45, 7) is 0.0858. The first-order valence-corrected chi connectivity index (χ1v) is 9.31. The fourth-order valence-corrected chi connectivity index (χ4v) is 3.92.